The molecule has 0 N–H and O–H groups in total. The molecule has 3 rings (SSSR count). The average molecular weight is 332 g/mol. The fourth-order valence-electron chi connectivity index (χ4n) is 3.76. The molecule has 1 heterocycles. The number of amides is 1. The number of likely N-dealkylation sites (tertiary alicyclic amines) is 1. The Kier molecular flexibility index (Phi) is 5.88. The molecule has 1 saturated carbocycles. The van der Waals surface area contributed by atoms with Gasteiger partial charge in [0.2, 0.25) is 5.91 Å². The molecule has 0 radical (unpaired) electrons. The predicted octanol–water partition coefficient (Wildman–Crippen LogP) is 3.34. The molecule has 1 aromatic rings. The molecular weight excluding hydrogens is 303 g/mol. The molecule has 1 aliphatic heterocycles. The summed E-state index contributed by atoms with van der Waals surface area (Å²) in [7, 11) is 0. The smallest absolute Gasteiger partial charge is 0.225 e. The molecule has 132 valence electrons. The molecule has 24 heavy (non-hydrogen) atoms. The first kappa shape index (κ1) is 17.4. The van der Waals surface area contributed by atoms with Crippen molar-refractivity contribution in [1.82, 2.24) is 9.80 Å². The number of hydrogen-bond donors (Lipinski definition) is 0. The Bertz CT molecular complexity index is 558. The average Bonchev–Trinajstić information content (AvgIpc) is 3.43. The van der Waals surface area contributed by atoms with Crippen LogP contribution < -0.4 is 0 Å². The minimum Gasteiger partial charge on any atom is -0.342 e. The predicted molar refractivity (Wildman–Crippen MR) is 94.2 cm³/mol. The van der Waals surface area contributed by atoms with Gasteiger partial charge in [-0.15, -0.1) is 0 Å². The summed E-state index contributed by atoms with van der Waals surface area (Å²) in [6.45, 7) is 6.98. The van der Waals surface area contributed by atoms with Crippen molar-refractivity contribution in [1.29, 1.82) is 0 Å². The lowest BCUT2D eigenvalue weighted by Gasteiger charge is -2.35. The molecule has 1 atom stereocenters. The highest BCUT2D eigenvalue weighted by Gasteiger charge is 2.34. The van der Waals surface area contributed by atoms with Crippen molar-refractivity contribution in [2.75, 3.05) is 32.7 Å². The second-order valence-corrected chi connectivity index (χ2v) is 7.34. The number of rotatable bonds is 7. The van der Waals surface area contributed by atoms with Crippen molar-refractivity contribution in [2.24, 2.45) is 11.8 Å². The Balaban J connectivity index is 1.47. The third kappa shape index (κ3) is 4.79. The van der Waals surface area contributed by atoms with Crippen LogP contribution in [0.15, 0.2) is 24.3 Å². The molecule has 0 unspecified atom stereocenters. The zero-order chi connectivity index (χ0) is 16.9. The van der Waals surface area contributed by atoms with Crippen LogP contribution in [-0.4, -0.2) is 48.4 Å². The van der Waals surface area contributed by atoms with Crippen molar-refractivity contribution in [3.63, 3.8) is 0 Å². The number of carbonyl (C=O) groups is 1. The highest BCUT2D eigenvalue weighted by atomic mass is 19.1. The van der Waals surface area contributed by atoms with E-state index in [2.05, 4.69) is 16.7 Å². The summed E-state index contributed by atoms with van der Waals surface area (Å²) in [5, 5.41) is 0. The van der Waals surface area contributed by atoms with Gasteiger partial charge in [0.05, 0.1) is 0 Å². The summed E-state index contributed by atoms with van der Waals surface area (Å²) in [5.74, 6) is 1.11. The highest BCUT2D eigenvalue weighted by Crippen LogP contribution is 2.31. The number of hydrogen-bond acceptors (Lipinski definition) is 2. The van der Waals surface area contributed by atoms with Gasteiger partial charge in [0.15, 0.2) is 0 Å². The largest absolute Gasteiger partial charge is 0.342 e. The lowest BCUT2D eigenvalue weighted by molar-refractivity contribution is -0.133. The Morgan fingerprint density at radius 1 is 1.33 bits per heavy atom. The van der Waals surface area contributed by atoms with E-state index in [0.717, 1.165) is 57.5 Å². The number of nitrogens with zero attached hydrogens (tertiary/aromatic N) is 2. The topological polar surface area (TPSA) is 23.6 Å². The second-order valence-electron chi connectivity index (χ2n) is 7.34. The maximum Gasteiger partial charge on any atom is 0.225 e. The molecule has 1 saturated heterocycles. The minimum atomic E-state index is -0.152. The first-order chi connectivity index (χ1) is 11.7. The van der Waals surface area contributed by atoms with Crippen LogP contribution in [0.5, 0.6) is 0 Å². The molecule has 1 aliphatic carbocycles. The van der Waals surface area contributed by atoms with E-state index in [-0.39, 0.29) is 5.82 Å². The van der Waals surface area contributed by atoms with Crippen LogP contribution in [0.1, 0.15) is 38.2 Å². The lowest BCUT2D eigenvalue weighted by Crippen LogP contribution is -2.43. The molecule has 1 amide bonds. The van der Waals surface area contributed by atoms with Crippen LogP contribution >= 0.6 is 0 Å². The number of benzene rings is 1. The molecule has 0 aromatic heterocycles. The van der Waals surface area contributed by atoms with Gasteiger partial charge in [-0.3, -0.25) is 4.79 Å². The zero-order valence-electron chi connectivity index (χ0n) is 14.7. The fraction of sp³-hybridized carbons (Fsp3) is 0.650. The summed E-state index contributed by atoms with van der Waals surface area (Å²) in [6, 6.07) is 6.91. The van der Waals surface area contributed by atoms with E-state index in [4.69, 9.17) is 0 Å². The van der Waals surface area contributed by atoms with Gasteiger partial charge in [-0.25, -0.2) is 4.39 Å². The quantitative estimate of drug-likeness (QED) is 0.764. The van der Waals surface area contributed by atoms with Crippen molar-refractivity contribution >= 4 is 5.91 Å². The fourth-order valence-corrected chi connectivity index (χ4v) is 3.76. The van der Waals surface area contributed by atoms with Crippen molar-refractivity contribution in [3.05, 3.63) is 35.6 Å². The van der Waals surface area contributed by atoms with E-state index >= 15 is 0 Å². The third-order valence-corrected chi connectivity index (χ3v) is 5.31. The molecule has 0 bridgehead atoms. The highest BCUT2D eigenvalue weighted by molar-refractivity contribution is 5.81. The van der Waals surface area contributed by atoms with Gasteiger partial charge in [-0.2, -0.15) is 0 Å². The van der Waals surface area contributed by atoms with Crippen molar-refractivity contribution in [3.8, 4) is 0 Å². The van der Waals surface area contributed by atoms with Crippen LogP contribution in [0.3, 0.4) is 0 Å². The van der Waals surface area contributed by atoms with E-state index in [1.807, 2.05) is 6.07 Å². The molecule has 2 fully saturated rings. The summed E-state index contributed by atoms with van der Waals surface area (Å²) >= 11 is 0. The van der Waals surface area contributed by atoms with E-state index < -0.39 is 0 Å². The first-order valence-corrected chi connectivity index (χ1v) is 9.41. The number of piperidine rings is 1. The number of carbonyl (C=O) groups excluding carboxylic acids is 1. The van der Waals surface area contributed by atoms with Gasteiger partial charge < -0.3 is 9.80 Å². The van der Waals surface area contributed by atoms with Gasteiger partial charge in [-0.1, -0.05) is 12.1 Å². The Hall–Kier alpha value is -1.42. The molecular formula is C20H29FN2O. The molecule has 2 aliphatic rings. The second kappa shape index (κ2) is 8.11. The summed E-state index contributed by atoms with van der Waals surface area (Å²) in [4.78, 5) is 16.9. The minimum absolute atomic E-state index is 0.152. The molecule has 4 heteroatoms. The summed E-state index contributed by atoms with van der Waals surface area (Å²) < 4.78 is 13.3. The van der Waals surface area contributed by atoms with Gasteiger partial charge in [0.25, 0.3) is 0 Å². The Morgan fingerprint density at radius 3 is 2.88 bits per heavy atom. The Morgan fingerprint density at radius 2 is 2.17 bits per heavy atom. The van der Waals surface area contributed by atoms with Gasteiger partial charge in [-0.05, 0) is 69.2 Å². The van der Waals surface area contributed by atoms with Gasteiger partial charge >= 0.3 is 0 Å². The van der Waals surface area contributed by atoms with E-state index in [9.17, 15) is 9.18 Å². The normalized spacial score (nSPS) is 21.7. The standard InChI is InChI=1S/C20H29FN2O/c1-2-23(20(24)18-8-9-18)15-17-6-4-11-22(14-17)12-10-16-5-3-7-19(21)13-16/h3,5,7,13,17-18H,2,4,6,8-12,14-15H2,1H3/t17-/m1/s1. The van der Waals surface area contributed by atoms with Crippen molar-refractivity contribution in [2.45, 2.75) is 39.0 Å². The maximum atomic E-state index is 13.3. The monoisotopic (exact) mass is 332 g/mol. The van der Waals surface area contributed by atoms with Gasteiger partial charge in [0, 0.05) is 32.1 Å². The molecule has 3 nitrogen and oxygen atoms in total. The van der Waals surface area contributed by atoms with E-state index in [0.29, 0.717) is 17.7 Å². The summed E-state index contributed by atoms with van der Waals surface area (Å²) in [5.41, 5.74) is 1.07. The Labute approximate surface area is 144 Å². The maximum absolute atomic E-state index is 13.3. The lowest BCUT2D eigenvalue weighted by atomic mass is 9.96. The first-order valence-electron chi connectivity index (χ1n) is 9.41. The van der Waals surface area contributed by atoms with E-state index in [1.165, 1.54) is 18.9 Å². The number of halogens is 1. The summed E-state index contributed by atoms with van der Waals surface area (Å²) in [6.07, 6.45) is 5.47. The van der Waals surface area contributed by atoms with Crippen molar-refractivity contribution < 1.29 is 9.18 Å². The van der Waals surface area contributed by atoms with Crippen LogP contribution in [0.25, 0.3) is 0 Å². The molecule has 1 aromatic carbocycles. The van der Waals surface area contributed by atoms with Crippen LogP contribution in [-0.2, 0) is 11.2 Å². The molecule has 0 spiro atoms. The van der Waals surface area contributed by atoms with Crippen LogP contribution in [0, 0.1) is 17.7 Å². The third-order valence-electron chi connectivity index (χ3n) is 5.31. The zero-order valence-corrected chi connectivity index (χ0v) is 14.7. The SMILES string of the molecule is CCN(C[C@@H]1CCCN(CCc2cccc(F)c2)C1)C(=O)C1CC1. The van der Waals surface area contributed by atoms with E-state index in [1.54, 1.807) is 12.1 Å². The van der Waals surface area contributed by atoms with Crippen LogP contribution in [0.4, 0.5) is 4.39 Å². The van der Waals surface area contributed by atoms with Crippen LogP contribution in [0.2, 0.25) is 0 Å². The van der Waals surface area contributed by atoms with Gasteiger partial charge in [0.1, 0.15) is 5.82 Å².